The lowest BCUT2D eigenvalue weighted by Gasteiger charge is -2.16. The van der Waals surface area contributed by atoms with Gasteiger partial charge in [0, 0.05) is 0 Å². The first kappa shape index (κ1) is 15.0. The summed E-state index contributed by atoms with van der Waals surface area (Å²) in [6.07, 6.45) is 0.805. The van der Waals surface area contributed by atoms with Gasteiger partial charge in [0.25, 0.3) is 0 Å². The summed E-state index contributed by atoms with van der Waals surface area (Å²) in [6, 6.07) is 9.92. The Kier molecular flexibility index (Phi) is 4.75. The Morgan fingerprint density at radius 2 is 2.00 bits per heavy atom. The molecule has 0 aromatic heterocycles. The van der Waals surface area contributed by atoms with Crippen molar-refractivity contribution in [2.45, 2.75) is 38.4 Å². The molecule has 1 fully saturated rings. The molecule has 1 aromatic rings. The van der Waals surface area contributed by atoms with Crippen LogP contribution in [-0.2, 0) is 20.8 Å². The second-order valence-electron chi connectivity index (χ2n) is 5.33. The van der Waals surface area contributed by atoms with E-state index in [1.807, 2.05) is 44.2 Å². The van der Waals surface area contributed by atoms with Crippen LogP contribution in [0.2, 0.25) is 0 Å². The highest BCUT2D eigenvalue weighted by atomic mass is 16.8. The molecule has 0 saturated carbocycles. The minimum absolute atomic E-state index is 0.273. The fraction of sp³-hybridized carbons (Fsp3) is 0.533. The van der Waals surface area contributed by atoms with Crippen molar-refractivity contribution in [1.29, 1.82) is 0 Å². The molecule has 0 aliphatic carbocycles. The van der Waals surface area contributed by atoms with Gasteiger partial charge >= 0.3 is 0 Å². The van der Waals surface area contributed by atoms with Crippen LogP contribution in [-0.4, -0.2) is 42.6 Å². The lowest BCUT2D eigenvalue weighted by Crippen LogP contribution is -2.31. The molecule has 0 spiro atoms. The molecule has 5 heteroatoms. The smallest absolute Gasteiger partial charge is 0.182 e. The summed E-state index contributed by atoms with van der Waals surface area (Å²) in [7, 11) is 1.43. The Morgan fingerprint density at radius 3 is 2.65 bits per heavy atom. The van der Waals surface area contributed by atoms with Gasteiger partial charge in [-0.2, -0.15) is 0 Å². The number of benzene rings is 1. The minimum atomic E-state index is -0.696. The quantitative estimate of drug-likeness (QED) is 0.358. The Hall–Kier alpha value is -1.43. The van der Waals surface area contributed by atoms with E-state index in [0.717, 1.165) is 10.3 Å². The third-order valence-corrected chi connectivity index (χ3v) is 2.97. The lowest BCUT2D eigenvalue weighted by molar-refractivity contribution is -0.421. The Balaban J connectivity index is 1.88. The van der Waals surface area contributed by atoms with Crippen molar-refractivity contribution in [3.05, 3.63) is 41.1 Å². The molecule has 1 aromatic carbocycles. The van der Waals surface area contributed by atoms with E-state index in [4.69, 9.17) is 14.2 Å². The molecule has 0 radical (unpaired) electrons. The van der Waals surface area contributed by atoms with Gasteiger partial charge in [-0.25, -0.2) is 4.74 Å². The van der Waals surface area contributed by atoms with Gasteiger partial charge in [0.15, 0.2) is 18.1 Å². The number of rotatable bonds is 5. The SMILES string of the molecule is C/[N+]([O-])=C/[C@@H]1OC(C)(C)O[C@H]1COCc1ccccc1. The average molecular weight is 279 g/mol. The molecule has 110 valence electrons. The van der Waals surface area contributed by atoms with Crippen molar-refractivity contribution in [3.8, 4) is 0 Å². The van der Waals surface area contributed by atoms with Crippen LogP contribution in [0.1, 0.15) is 19.4 Å². The molecule has 0 N–H and O–H groups in total. The molecule has 1 heterocycles. The van der Waals surface area contributed by atoms with Gasteiger partial charge in [0.2, 0.25) is 0 Å². The largest absolute Gasteiger partial charge is 0.624 e. The molecule has 0 amide bonds. The third kappa shape index (κ3) is 4.30. The zero-order valence-electron chi connectivity index (χ0n) is 12.1. The van der Waals surface area contributed by atoms with Crippen LogP contribution in [0.5, 0.6) is 0 Å². The standard InChI is InChI=1S/C15H21NO4/c1-15(2)19-13(9-16(3)17)14(20-15)11-18-10-12-7-5-4-6-8-12/h4-9,13-14H,10-11H2,1-3H3/b16-9-/t13-,14-/m0/s1. The molecule has 1 saturated heterocycles. The summed E-state index contributed by atoms with van der Waals surface area (Å²) in [5, 5.41) is 11.1. The summed E-state index contributed by atoms with van der Waals surface area (Å²) < 4.78 is 17.8. The van der Waals surface area contributed by atoms with Crippen molar-refractivity contribution in [2.75, 3.05) is 13.7 Å². The molecular weight excluding hydrogens is 258 g/mol. The molecule has 5 nitrogen and oxygen atoms in total. The first-order chi connectivity index (χ1) is 9.46. The zero-order valence-corrected chi connectivity index (χ0v) is 12.1. The predicted octanol–water partition coefficient (Wildman–Crippen LogP) is 1.93. The fourth-order valence-electron chi connectivity index (χ4n) is 2.19. The van der Waals surface area contributed by atoms with E-state index in [0.29, 0.717) is 13.2 Å². The minimum Gasteiger partial charge on any atom is -0.624 e. The topological polar surface area (TPSA) is 53.8 Å². The van der Waals surface area contributed by atoms with E-state index < -0.39 is 5.79 Å². The molecule has 2 atom stereocenters. The summed E-state index contributed by atoms with van der Waals surface area (Å²) in [6.45, 7) is 4.56. The summed E-state index contributed by atoms with van der Waals surface area (Å²) in [5.74, 6) is -0.696. The van der Waals surface area contributed by atoms with Crippen LogP contribution in [0.3, 0.4) is 0 Å². The van der Waals surface area contributed by atoms with Crippen LogP contribution in [0.25, 0.3) is 0 Å². The van der Waals surface area contributed by atoms with E-state index in [1.54, 1.807) is 0 Å². The van der Waals surface area contributed by atoms with Crippen molar-refractivity contribution >= 4 is 6.21 Å². The highest BCUT2D eigenvalue weighted by Gasteiger charge is 2.42. The second kappa shape index (κ2) is 6.35. The monoisotopic (exact) mass is 279 g/mol. The van der Waals surface area contributed by atoms with Crippen molar-refractivity contribution < 1.29 is 18.9 Å². The third-order valence-electron chi connectivity index (χ3n) is 2.97. The van der Waals surface area contributed by atoms with Gasteiger partial charge in [-0.1, -0.05) is 30.3 Å². The Bertz CT molecular complexity index is 454. The first-order valence-corrected chi connectivity index (χ1v) is 6.68. The molecular formula is C15H21NO4. The molecule has 1 aliphatic rings. The number of nitrogens with zero attached hydrogens (tertiary/aromatic N) is 1. The van der Waals surface area contributed by atoms with Crippen molar-refractivity contribution in [1.82, 2.24) is 0 Å². The van der Waals surface area contributed by atoms with E-state index >= 15 is 0 Å². The Morgan fingerprint density at radius 1 is 1.30 bits per heavy atom. The average Bonchev–Trinajstić information content (AvgIpc) is 2.64. The maximum absolute atomic E-state index is 11.1. The van der Waals surface area contributed by atoms with Crippen molar-refractivity contribution in [3.63, 3.8) is 0 Å². The maximum atomic E-state index is 11.1. The zero-order chi connectivity index (χ0) is 14.6. The number of hydrogen-bond acceptors (Lipinski definition) is 4. The predicted molar refractivity (Wildman–Crippen MR) is 75.5 cm³/mol. The highest BCUT2D eigenvalue weighted by molar-refractivity contribution is 5.59. The van der Waals surface area contributed by atoms with Crippen molar-refractivity contribution in [2.24, 2.45) is 0 Å². The summed E-state index contributed by atoms with van der Waals surface area (Å²) in [5.41, 5.74) is 1.10. The molecule has 0 unspecified atom stereocenters. The highest BCUT2D eigenvalue weighted by Crippen LogP contribution is 2.27. The number of hydrogen-bond donors (Lipinski definition) is 0. The number of ether oxygens (including phenoxy) is 3. The summed E-state index contributed by atoms with van der Waals surface area (Å²) in [4.78, 5) is 0. The van der Waals surface area contributed by atoms with E-state index in [9.17, 15) is 5.21 Å². The van der Waals surface area contributed by atoms with Gasteiger partial charge in [0.05, 0.1) is 13.2 Å². The van der Waals surface area contributed by atoms with Crippen LogP contribution in [0, 0.1) is 5.21 Å². The van der Waals surface area contributed by atoms with Crippen LogP contribution >= 0.6 is 0 Å². The van der Waals surface area contributed by atoms with Crippen LogP contribution in [0.15, 0.2) is 30.3 Å². The molecule has 2 rings (SSSR count). The van der Waals surface area contributed by atoms with Crippen LogP contribution < -0.4 is 0 Å². The van der Waals surface area contributed by atoms with Gasteiger partial charge in [-0.05, 0) is 19.4 Å². The van der Waals surface area contributed by atoms with E-state index in [-0.39, 0.29) is 12.2 Å². The Labute approximate surface area is 119 Å². The number of hydroxylamine groups is 1. The summed E-state index contributed by atoms with van der Waals surface area (Å²) >= 11 is 0. The van der Waals surface area contributed by atoms with Crippen LogP contribution in [0.4, 0.5) is 0 Å². The molecule has 0 bridgehead atoms. The van der Waals surface area contributed by atoms with E-state index in [2.05, 4.69) is 0 Å². The first-order valence-electron chi connectivity index (χ1n) is 6.68. The van der Waals surface area contributed by atoms with E-state index in [1.165, 1.54) is 13.3 Å². The molecule has 20 heavy (non-hydrogen) atoms. The fourth-order valence-corrected chi connectivity index (χ4v) is 2.19. The normalized spacial score (nSPS) is 25.9. The lowest BCUT2D eigenvalue weighted by atomic mass is 10.2. The van der Waals surface area contributed by atoms with Gasteiger partial charge in [0.1, 0.15) is 13.2 Å². The molecule has 1 aliphatic heterocycles. The maximum Gasteiger partial charge on any atom is 0.182 e. The second-order valence-corrected chi connectivity index (χ2v) is 5.33. The van der Waals surface area contributed by atoms with Gasteiger partial charge in [-0.3, -0.25) is 0 Å². The van der Waals surface area contributed by atoms with Gasteiger partial charge < -0.3 is 19.4 Å². The van der Waals surface area contributed by atoms with Gasteiger partial charge in [-0.15, -0.1) is 0 Å².